The lowest BCUT2D eigenvalue weighted by molar-refractivity contribution is 0.761. The van der Waals surface area contributed by atoms with Crippen LogP contribution in [-0.4, -0.2) is 13.7 Å². The number of para-hydroxylation sites is 3. The largest absolute Gasteiger partial charge is 0.309 e. The van der Waals surface area contributed by atoms with Crippen molar-refractivity contribution in [3.63, 3.8) is 0 Å². The summed E-state index contributed by atoms with van der Waals surface area (Å²) in [6.07, 6.45) is 0. The molecule has 0 aliphatic heterocycles. The van der Waals surface area contributed by atoms with E-state index in [1.807, 2.05) is 22.7 Å². The molecule has 5 heteroatoms. The van der Waals surface area contributed by atoms with Crippen molar-refractivity contribution in [3.8, 4) is 17.1 Å². The first-order valence-corrected chi connectivity index (χ1v) is 34.2. The van der Waals surface area contributed by atoms with Gasteiger partial charge in [0.2, 0.25) is 0 Å². The van der Waals surface area contributed by atoms with Crippen molar-refractivity contribution >= 4 is 128 Å². The van der Waals surface area contributed by atoms with E-state index >= 15 is 0 Å². The number of fused-ring (bicyclic) bond motifs is 15. The molecule has 25 rings (SSSR count). The van der Waals surface area contributed by atoms with Gasteiger partial charge in [0.25, 0.3) is 0 Å². The first-order valence-electron chi connectivity index (χ1n) is 32.5. The normalized spacial score (nSPS) is 16.4. The molecule has 14 aromatic carbocycles. The predicted octanol–water partition coefficient (Wildman–Crippen LogP) is 23.4. The molecule has 0 N–H and O–H groups in total. The first-order chi connectivity index (χ1) is 46.2. The quantitative estimate of drug-likeness (QED) is 0.167. The molecule has 0 atom stereocenters. The molecule has 5 aromatic heterocycles. The van der Waals surface area contributed by atoms with Gasteiger partial charge >= 0.3 is 0 Å². The third kappa shape index (κ3) is 6.77. The standard InChI is InChI=1S/C50H30N2S.C38H23NS/c1-3-15-35-33(13-1)47-34-14-2-4-16-36(34)48(35)50-38(47)23-25-44-49(50)37-17-6-9-19-42(37)52(44)29-21-24-43-39(27-29)31-11-5-8-18-41(31)51(43)30-22-26-46-40(28-30)32-12-7-10-20-45(32)53-46;1-3-12-26-24(10-1)35-25-11-2-4-13-27(25)36(26)38-29(35)18-19-32-37(38)28-14-5-7-15-31(28)39(32)22-17-20-34-30(21-22)23-9-6-8-16-33(23)40-34/h1-28,47-48H;1-21,35-36H. The number of rotatable bonds is 3. The van der Waals surface area contributed by atoms with Crippen molar-refractivity contribution in [1.82, 2.24) is 13.7 Å². The second-order valence-corrected chi connectivity index (χ2v) is 28.2. The summed E-state index contributed by atoms with van der Waals surface area (Å²) in [6, 6.07) is 112. The van der Waals surface area contributed by atoms with E-state index in [0.29, 0.717) is 0 Å². The number of aromatic nitrogens is 3. The van der Waals surface area contributed by atoms with Gasteiger partial charge in [-0.1, -0.05) is 200 Å². The summed E-state index contributed by atoms with van der Waals surface area (Å²) in [7, 11) is 0. The van der Waals surface area contributed by atoms with Crippen molar-refractivity contribution in [2.75, 3.05) is 0 Å². The molecular formula is C88H53N3S2. The van der Waals surface area contributed by atoms with Gasteiger partial charge in [-0.3, -0.25) is 0 Å². The summed E-state index contributed by atoms with van der Waals surface area (Å²) < 4.78 is 12.8. The van der Waals surface area contributed by atoms with Gasteiger partial charge in [-0.15, -0.1) is 22.7 Å². The van der Waals surface area contributed by atoms with E-state index in [-0.39, 0.29) is 23.7 Å². The molecular weight excluding hydrogens is 1160 g/mol. The second kappa shape index (κ2) is 18.8. The molecule has 0 saturated carbocycles. The fraction of sp³-hybridized carbons (Fsp3) is 0.0455. The lowest BCUT2D eigenvalue weighted by Crippen LogP contribution is -2.27. The van der Waals surface area contributed by atoms with Crippen LogP contribution in [0.25, 0.3) is 123 Å². The fourth-order valence-electron chi connectivity index (χ4n) is 18.1. The summed E-state index contributed by atoms with van der Waals surface area (Å²) in [4.78, 5) is 0. The molecule has 4 bridgehead atoms. The van der Waals surface area contributed by atoms with Gasteiger partial charge in [0.05, 0.1) is 33.1 Å². The van der Waals surface area contributed by atoms with Crippen LogP contribution in [0.5, 0.6) is 0 Å². The van der Waals surface area contributed by atoms with Crippen LogP contribution in [0.15, 0.2) is 297 Å². The van der Waals surface area contributed by atoms with Crippen LogP contribution >= 0.6 is 22.7 Å². The Labute approximate surface area is 543 Å². The minimum Gasteiger partial charge on any atom is -0.309 e. The third-order valence-electron chi connectivity index (χ3n) is 21.6. The van der Waals surface area contributed by atoms with Crippen molar-refractivity contribution in [1.29, 1.82) is 0 Å². The number of thiophene rings is 2. The van der Waals surface area contributed by atoms with Crippen LogP contribution in [-0.2, 0) is 0 Å². The maximum atomic E-state index is 2.51. The average molecular weight is 1220 g/mol. The highest BCUT2D eigenvalue weighted by molar-refractivity contribution is 7.26. The topological polar surface area (TPSA) is 14.8 Å². The van der Waals surface area contributed by atoms with Crippen molar-refractivity contribution in [2.24, 2.45) is 0 Å². The molecule has 0 fully saturated rings. The summed E-state index contributed by atoms with van der Waals surface area (Å²) >= 11 is 3.75. The summed E-state index contributed by atoms with van der Waals surface area (Å²) in [5, 5.41) is 13.3. The van der Waals surface area contributed by atoms with E-state index in [4.69, 9.17) is 0 Å². The Morgan fingerprint density at radius 2 is 0.484 bits per heavy atom. The van der Waals surface area contributed by atoms with Gasteiger partial charge in [0.1, 0.15) is 0 Å². The van der Waals surface area contributed by atoms with Crippen molar-refractivity contribution in [3.05, 3.63) is 364 Å². The molecule has 6 aliphatic rings. The Morgan fingerprint density at radius 3 is 0.914 bits per heavy atom. The monoisotopic (exact) mass is 1220 g/mol. The maximum Gasteiger partial charge on any atom is 0.0544 e. The Bertz CT molecular complexity index is 6400. The highest BCUT2D eigenvalue weighted by atomic mass is 32.1. The zero-order valence-electron chi connectivity index (χ0n) is 50.3. The molecule has 0 unspecified atom stereocenters. The van der Waals surface area contributed by atoms with Gasteiger partial charge in [-0.2, -0.15) is 0 Å². The Balaban J connectivity index is 0.000000126. The molecule has 0 radical (unpaired) electrons. The number of hydrogen-bond acceptors (Lipinski definition) is 2. The zero-order chi connectivity index (χ0) is 60.3. The highest BCUT2D eigenvalue weighted by Gasteiger charge is 2.44. The van der Waals surface area contributed by atoms with E-state index < -0.39 is 0 Å². The third-order valence-corrected chi connectivity index (χ3v) is 24.0. The van der Waals surface area contributed by atoms with Crippen LogP contribution < -0.4 is 0 Å². The van der Waals surface area contributed by atoms with Crippen molar-refractivity contribution in [2.45, 2.75) is 23.7 Å². The predicted molar refractivity (Wildman–Crippen MR) is 391 cm³/mol. The van der Waals surface area contributed by atoms with Crippen molar-refractivity contribution < 1.29 is 0 Å². The van der Waals surface area contributed by atoms with Gasteiger partial charge < -0.3 is 13.7 Å². The Hall–Kier alpha value is -11.1. The van der Waals surface area contributed by atoms with Gasteiger partial charge in [0, 0.05) is 113 Å². The van der Waals surface area contributed by atoms with Crippen LogP contribution in [0.4, 0.5) is 0 Å². The minimum absolute atomic E-state index is 0.212. The van der Waals surface area contributed by atoms with E-state index in [2.05, 4.69) is 311 Å². The maximum absolute atomic E-state index is 2.51. The molecule has 93 heavy (non-hydrogen) atoms. The zero-order valence-corrected chi connectivity index (χ0v) is 51.9. The summed E-state index contributed by atoms with van der Waals surface area (Å²) in [5.74, 6) is 0.997. The molecule has 6 aliphatic carbocycles. The summed E-state index contributed by atoms with van der Waals surface area (Å²) in [6.45, 7) is 0. The second-order valence-electron chi connectivity index (χ2n) is 26.0. The fourth-order valence-corrected chi connectivity index (χ4v) is 20.3. The lowest BCUT2D eigenvalue weighted by Gasteiger charge is -2.42. The van der Waals surface area contributed by atoms with Gasteiger partial charge in [0.15, 0.2) is 0 Å². The van der Waals surface area contributed by atoms with Crippen LogP contribution in [0, 0.1) is 0 Å². The molecule has 432 valence electrons. The molecule has 0 amide bonds. The number of benzene rings is 14. The van der Waals surface area contributed by atoms with Gasteiger partial charge in [-0.05, 0) is 164 Å². The Morgan fingerprint density at radius 1 is 0.194 bits per heavy atom. The van der Waals surface area contributed by atoms with E-state index in [9.17, 15) is 0 Å². The summed E-state index contributed by atoms with van der Waals surface area (Å²) in [5.41, 5.74) is 28.7. The SMILES string of the molecule is c1ccc2c(c1)C1c3ccccc3C2c2c1ccc1c2c2ccccc2n1-c1ccc2c(c1)c1ccccc1n2-c1ccc2sc3ccccc3c2c1.c1ccc2c(c1)C1c3ccccc3C2c2c1ccc1c2c2ccccc2n1-c1ccc2sc3ccccc3c2c1. The van der Waals surface area contributed by atoms with Crippen LogP contribution in [0.3, 0.4) is 0 Å². The lowest BCUT2D eigenvalue weighted by atomic mass is 9.60. The molecule has 0 spiro atoms. The van der Waals surface area contributed by atoms with E-state index in [1.54, 1.807) is 0 Å². The van der Waals surface area contributed by atoms with E-state index in [0.717, 1.165) is 0 Å². The molecule has 3 nitrogen and oxygen atoms in total. The number of nitrogens with zero attached hydrogens (tertiary/aromatic N) is 3. The number of hydrogen-bond donors (Lipinski definition) is 0. The average Bonchev–Trinajstić information content (AvgIpc) is 1.68. The van der Waals surface area contributed by atoms with Gasteiger partial charge in [-0.25, -0.2) is 0 Å². The minimum atomic E-state index is 0.212. The molecule has 0 saturated heterocycles. The van der Waals surface area contributed by atoms with Crippen LogP contribution in [0.1, 0.15) is 90.4 Å². The first kappa shape index (κ1) is 50.6. The molecule has 19 aromatic rings. The van der Waals surface area contributed by atoms with Crippen LogP contribution in [0.2, 0.25) is 0 Å². The highest BCUT2D eigenvalue weighted by Crippen LogP contribution is 2.60. The Kier molecular flexibility index (Phi) is 10.2. The smallest absolute Gasteiger partial charge is 0.0544 e. The molecule has 5 heterocycles. The van der Waals surface area contributed by atoms with E-state index in [1.165, 1.54) is 190 Å².